The van der Waals surface area contributed by atoms with Gasteiger partial charge in [-0.2, -0.15) is 0 Å². The first-order valence-corrected chi connectivity index (χ1v) is 8.88. The van der Waals surface area contributed by atoms with Crippen LogP contribution in [0.25, 0.3) is 0 Å². The van der Waals surface area contributed by atoms with Crippen LogP contribution in [0.1, 0.15) is 51.4 Å². The van der Waals surface area contributed by atoms with Gasteiger partial charge in [-0.1, -0.05) is 19.3 Å². The molecule has 0 spiro atoms. The highest BCUT2D eigenvalue weighted by molar-refractivity contribution is 4.96. The van der Waals surface area contributed by atoms with E-state index in [-0.39, 0.29) is 0 Å². The minimum Gasteiger partial charge on any atom is -0.308 e. The number of hydrogen-bond acceptors (Lipinski definition) is 3. The van der Waals surface area contributed by atoms with E-state index >= 15 is 0 Å². The Morgan fingerprint density at radius 3 is 2.60 bits per heavy atom. The van der Waals surface area contributed by atoms with Crippen molar-refractivity contribution in [1.29, 1.82) is 0 Å². The summed E-state index contributed by atoms with van der Waals surface area (Å²) in [5.74, 6) is 1.88. The third kappa shape index (κ3) is 3.37. The number of nitrogens with one attached hydrogen (secondary N) is 1. The van der Waals surface area contributed by atoms with E-state index in [9.17, 15) is 0 Å². The molecule has 3 nitrogen and oxygen atoms in total. The lowest BCUT2D eigenvalue weighted by Gasteiger charge is -2.38. The first kappa shape index (κ1) is 14.8. The number of piperidine rings is 1. The monoisotopic (exact) mass is 279 g/mol. The van der Waals surface area contributed by atoms with Crippen molar-refractivity contribution in [3.63, 3.8) is 0 Å². The topological polar surface area (TPSA) is 18.5 Å². The van der Waals surface area contributed by atoms with Crippen LogP contribution in [0, 0.1) is 11.8 Å². The Bertz CT molecular complexity index is 299. The zero-order valence-corrected chi connectivity index (χ0v) is 13.5. The molecule has 1 saturated carbocycles. The maximum Gasteiger partial charge on any atom is 0.0629 e. The molecule has 3 aliphatic rings. The molecule has 0 aromatic carbocycles. The highest BCUT2D eigenvalue weighted by Gasteiger charge is 2.42. The zero-order chi connectivity index (χ0) is 13.9. The molecule has 0 radical (unpaired) electrons. The number of likely N-dealkylation sites (tertiary alicyclic amines) is 1. The fourth-order valence-electron chi connectivity index (χ4n) is 4.82. The van der Waals surface area contributed by atoms with Gasteiger partial charge in [0, 0.05) is 19.1 Å². The maximum absolute atomic E-state index is 3.83. The quantitative estimate of drug-likeness (QED) is 0.853. The Morgan fingerprint density at radius 1 is 1.05 bits per heavy atom. The molecule has 0 amide bonds. The first-order valence-electron chi connectivity index (χ1n) is 8.88. The SMILES string of the molecule is CN(C)CC1CC2CCCNC2N1CC1CCCCC1. The average Bonchev–Trinajstić information content (AvgIpc) is 2.77. The summed E-state index contributed by atoms with van der Waals surface area (Å²) < 4.78 is 0. The molecule has 116 valence electrons. The standard InChI is InChI=1S/C17H33N3/c1-19(2)13-16-11-15-9-6-10-18-17(15)20(16)12-14-7-4-3-5-8-14/h14-18H,3-13H2,1-2H3. The van der Waals surface area contributed by atoms with E-state index in [2.05, 4.69) is 29.2 Å². The Labute approximate surface area is 125 Å². The molecule has 3 heteroatoms. The lowest BCUT2D eigenvalue weighted by atomic mass is 9.88. The van der Waals surface area contributed by atoms with E-state index in [0.717, 1.165) is 17.9 Å². The van der Waals surface area contributed by atoms with Crippen molar-refractivity contribution in [3.8, 4) is 0 Å². The van der Waals surface area contributed by atoms with Gasteiger partial charge in [0.05, 0.1) is 6.17 Å². The Kier molecular flexibility index (Phi) is 5.00. The summed E-state index contributed by atoms with van der Waals surface area (Å²) in [4.78, 5) is 5.25. The summed E-state index contributed by atoms with van der Waals surface area (Å²) in [7, 11) is 4.46. The van der Waals surface area contributed by atoms with E-state index in [1.807, 2.05) is 0 Å². The second-order valence-corrected chi connectivity index (χ2v) is 7.65. The van der Waals surface area contributed by atoms with Gasteiger partial charge in [0.2, 0.25) is 0 Å². The maximum atomic E-state index is 3.83. The van der Waals surface area contributed by atoms with Crippen molar-refractivity contribution in [1.82, 2.24) is 15.1 Å². The van der Waals surface area contributed by atoms with E-state index in [0.29, 0.717) is 6.17 Å². The first-order chi connectivity index (χ1) is 9.74. The van der Waals surface area contributed by atoms with Crippen LogP contribution in [0.2, 0.25) is 0 Å². The largest absolute Gasteiger partial charge is 0.308 e. The van der Waals surface area contributed by atoms with Gasteiger partial charge in [-0.05, 0) is 64.6 Å². The molecule has 2 heterocycles. The summed E-state index contributed by atoms with van der Waals surface area (Å²) in [5, 5.41) is 3.83. The van der Waals surface area contributed by atoms with Crippen molar-refractivity contribution in [3.05, 3.63) is 0 Å². The van der Waals surface area contributed by atoms with Crippen LogP contribution in [-0.2, 0) is 0 Å². The summed E-state index contributed by atoms with van der Waals surface area (Å²) in [6, 6.07) is 0.785. The number of fused-ring (bicyclic) bond motifs is 1. The second-order valence-electron chi connectivity index (χ2n) is 7.65. The van der Waals surface area contributed by atoms with E-state index < -0.39 is 0 Å². The van der Waals surface area contributed by atoms with Gasteiger partial charge >= 0.3 is 0 Å². The van der Waals surface area contributed by atoms with Crippen LogP contribution < -0.4 is 5.32 Å². The van der Waals surface area contributed by atoms with Gasteiger partial charge in [0.1, 0.15) is 0 Å². The lowest BCUT2D eigenvalue weighted by Crippen LogP contribution is -2.52. The van der Waals surface area contributed by atoms with Gasteiger partial charge in [-0.15, -0.1) is 0 Å². The normalized spacial score (nSPS) is 36.5. The van der Waals surface area contributed by atoms with Crippen molar-refractivity contribution >= 4 is 0 Å². The number of nitrogens with zero attached hydrogens (tertiary/aromatic N) is 2. The number of rotatable bonds is 4. The molecule has 2 saturated heterocycles. The second kappa shape index (κ2) is 6.76. The molecule has 1 N–H and O–H groups in total. The summed E-state index contributed by atoms with van der Waals surface area (Å²) in [5.41, 5.74) is 0. The predicted molar refractivity (Wildman–Crippen MR) is 84.8 cm³/mol. The van der Waals surface area contributed by atoms with Crippen molar-refractivity contribution in [2.24, 2.45) is 11.8 Å². The molecule has 0 aromatic heterocycles. The van der Waals surface area contributed by atoms with Crippen molar-refractivity contribution in [2.75, 3.05) is 33.7 Å². The number of likely N-dealkylation sites (N-methyl/N-ethyl adjacent to an activating group) is 1. The minimum atomic E-state index is 0.690. The van der Waals surface area contributed by atoms with Gasteiger partial charge in [-0.25, -0.2) is 0 Å². The van der Waals surface area contributed by atoms with Gasteiger partial charge < -0.3 is 10.2 Å². The molecule has 3 fully saturated rings. The van der Waals surface area contributed by atoms with Crippen LogP contribution in [0.15, 0.2) is 0 Å². The predicted octanol–water partition coefficient (Wildman–Crippen LogP) is 2.53. The zero-order valence-electron chi connectivity index (χ0n) is 13.5. The summed E-state index contributed by atoms with van der Waals surface area (Å²) in [6.45, 7) is 3.82. The molecule has 3 rings (SSSR count). The molecule has 0 aromatic rings. The smallest absolute Gasteiger partial charge is 0.0629 e. The number of hydrogen-bond donors (Lipinski definition) is 1. The molecule has 1 aliphatic carbocycles. The molecule has 3 unspecified atom stereocenters. The van der Waals surface area contributed by atoms with Crippen molar-refractivity contribution in [2.45, 2.75) is 63.6 Å². The van der Waals surface area contributed by atoms with E-state index in [1.54, 1.807) is 0 Å². The minimum absolute atomic E-state index is 0.690. The van der Waals surface area contributed by atoms with Crippen LogP contribution in [0.4, 0.5) is 0 Å². The van der Waals surface area contributed by atoms with Crippen LogP contribution in [0.5, 0.6) is 0 Å². The highest BCUT2D eigenvalue weighted by Crippen LogP contribution is 2.36. The van der Waals surface area contributed by atoms with Gasteiger partial charge in [0.15, 0.2) is 0 Å². The molecular formula is C17H33N3. The summed E-state index contributed by atoms with van der Waals surface area (Å²) >= 11 is 0. The van der Waals surface area contributed by atoms with Crippen LogP contribution in [0.3, 0.4) is 0 Å². The van der Waals surface area contributed by atoms with E-state index in [4.69, 9.17) is 0 Å². The lowest BCUT2D eigenvalue weighted by molar-refractivity contribution is 0.0913. The molecule has 2 aliphatic heterocycles. The molecule has 0 bridgehead atoms. The summed E-state index contributed by atoms with van der Waals surface area (Å²) in [6.07, 6.45) is 12.3. The Hall–Kier alpha value is -0.120. The molecule has 20 heavy (non-hydrogen) atoms. The van der Waals surface area contributed by atoms with E-state index in [1.165, 1.54) is 71.0 Å². The third-order valence-electron chi connectivity index (χ3n) is 5.72. The van der Waals surface area contributed by atoms with Gasteiger partial charge in [-0.3, -0.25) is 4.90 Å². The fourth-order valence-corrected chi connectivity index (χ4v) is 4.82. The van der Waals surface area contributed by atoms with Gasteiger partial charge in [0.25, 0.3) is 0 Å². The third-order valence-corrected chi connectivity index (χ3v) is 5.72. The van der Waals surface area contributed by atoms with Crippen LogP contribution >= 0.6 is 0 Å². The average molecular weight is 279 g/mol. The van der Waals surface area contributed by atoms with Crippen molar-refractivity contribution < 1.29 is 0 Å². The highest BCUT2D eigenvalue weighted by atomic mass is 15.3. The Balaban J connectivity index is 1.65. The molecule has 3 atom stereocenters. The Morgan fingerprint density at radius 2 is 1.85 bits per heavy atom. The molecular weight excluding hydrogens is 246 g/mol. The fraction of sp³-hybridized carbons (Fsp3) is 1.00. The van der Waals surface area contributed by atoms with Crippen LogP contribution in [-0.4, -0.2) is 55.7 Å².